The zero-order valence-electron chi connectivity index (χ0n) is 11.4. The monoisotopic (exact) mass is 322 g/mol. The van der Waals surface area contributed by atoms with Gasteiger partial charge in [-0.05, 0) is 23.8 Å². The third kappa shape index (κ3) is 2.93. The third-order valence-electron chi connectivity index (χ3n) is 3.59. The van der Waals surface area contributed by atoms with Crippen LogP contribution in [0.15, 0.2) is 30.5 Å². The lowest BCUT2D eigenvalue weighted by atomic mass is 10.1. The quantitative estimate of drug-likeness (QED) is 0.910. The normalized spacial score (nSPS) is 13.8. The number of aromatic nitrogens is 1. The van der Waals surface area contributed by atoms with E-state index in [0.717, 1.165) is 35.7 Å². The van der Waals surface area contributed by atoms with Crippen molar-refractivity contribution in [3.05, 3.63) is 51.6 Å². The van der Waals surface area contributed by atoms with Gasteiger partial charge in [-0.1, -0.05) is 29.3 Å². The highest BCUT2D eigenvalue weighted by molar-refractivity contribution is 6.36. The van der Waals surface area contributed by atoms with Crippen LogP contribution in [0.4, 0.5) is 11.5 Å². The van der Waals surface area contributed by atoms with Crippen molar-refractivity contribution < 1.29 is 0 Å². The fraction of sp³-hybridized carbons (Fsp3) is 0.267. The molecule has 0 bridgehead atoms. The number of halogens is 2. The molecule has 1 aromatic carbocycles. The first kappa shape index (κ1) is 14.4. The number of anilines is 2. The van der Waals surface area contributed by atoms with E-state index < -0.39 is 0 Å². The van der Waals surface area contributed by atoms with E-state index in [4.69, 9.17) is 28.9 Å². The number of fused-ring (bicyclic) bond motifs is 1. The Balaban J connectivity index is 1.95. The van der Waals surface area contributed by atoms with Gasteiger partial charge < -0.3 is 16.0 Å². The summed E-state index contributed by atoms with van der Waals surface area (Å²) >= 11 is 12.5. The summed E-state index contributed by atoms with van der Waals surface area (Å²) in [5.41, 5.74) is 8.69. The second-order valence-electron chi connectivity index (χ2n) is 4.96. The second kappa shape index (κ2) is 6.10. The smallest absolute Gasteiger partial charge is 0.149 e. The summed E-state index contributed by atoms with van der Waals surface area (Å²) in [6.07, 6.45) is 1.80. The van der Waals surface area contributed by atoms with Crippen LogP contribution in [0.3, 0.4) is 0 Å². The van der Waals surface area contributed by atoms with Crippen LogP contribution in [-0.2, 0) is 13.1 Å². The summed E-state index contributed by atoms with van der Waals surface area (Å²) in [4.78, 5) is 6.66. The van der Waals surface area contributed by atoms with Crippen LogP contribution in [0.25, 0.3) is 0 Å². The fourth-order valence-electron chi connectivity index (χ4n) is 2.45. The summed E-state index contributed by atoms with van der Waals surface area (Å²) in [6.45, 7) is 2.83. The lowest BCUT2D eigenvalue weighted by Gasteiger charge is -2.32. The van der Waals surface area contributed by atoms with Crippen molar-refractivity contribution in [1.29, 1.82) is 0 Å². The Bertz CT molecular complexity index is 640. The minimum atomic E-state index is 0.473. The summed E-state index contributed by atoms with van der Waals surface area (Å²) in [5.74, 6) is 0.877. The van der Waals surface area contributed by atoms with E-state index in [1.165, 1.54) is 0 Å². The van der Waals surface area contributed by atoms with Gasteiger partial charge in [0.2, 0.25) is 0 Å². The number of hydrogen-bond donors (Lipinski definition) is 2. The molecule has 0 aliphatic carbocycles. The maximum Gasteiger partial charge on any atom is 0.149 e. The zero-order chi connectivity index (χ0) is 14.8. The molecule has 21 heavy (non-hydrogen) atoms. The summed E-state index contributed by atoms with van der Waals surface area (Å²) in [7, 11) is 0. The molecule has 4 nitrogen and oxygen atoms in total. The van der Waals surface area contributed by atoms with Gasteiger partial charge in [0.1, 0.15) is 5.82 Å². The molecule has 2 heterocycles. The number of nitrogens with zero attached hydrogens (tertiary/aromatic N) is 2. The Morgan fingerprint density at radius 2 is 2.05 bits per heavy atom. The summed E-state index contributed by atoms with van der Waals surface area (Å²) in [5, 5.41) is 4.67. The predicted octanol–water partition coefficient (Wildman–Crippen LogP) is 3.28. The van der Waals surface area contributed by atoms with E-state index in [1.807, 2.05) is 18.2 Å². The van der Waals surface area contributed by atoms with Gasteiger partial charge in [-0.15, -0.1) is 0 Å². The number of nitrogens with two attached hydrogens (primary N) is 1. The molecule has 3 rings (SSSR count). The Morgan fingerprint density at radius 1 is 1.29 bits per heavy atom. The van der Waals surface area contributed by atoms with E-state index in [9.17, 15) is 0 Å². The molecule has 0 radical (unpaired) electrons. The second-order valence-corrected chi connectivity index (χ2v) is 5.78. The van der Waals surface area contributed by atoms with Crippen molar-refractivity contribution >= 4 is 34.7 Å². The van der Waals surface area contributed by atoms with E-state index in [2.05, 4.69) is 21.3 Å². The summed E-state index contributed by atoms with van der Waals surface area (Å²) < 4.78 is 0. The van der Waals surface area contributed by atoms with Gasteiger partial charge in [-0.2, -0.15) is 0 Å². The highest BCUT2D eigenvalue weighted by atomic mass is 35.5. The molecule has 0 atom stereocenters. The zero-order valence-corrected chi connectivity index (χ0v) is 13.0. The molecule has 0 unspecified atom stereocenters. The van der Waals surface area contributed by atoms with Crippen molar-refractivity contribution in [3.63, 3.8) is 0 Å². The highest BCUT2D eigenvalue weighted by Crippen LogP contribution is 2.32. The van der Waals surface area contributed by atoms with E-state index in [-0.39, 0.29) is 0 Å². The third-order valence-corrected chi connectivity index (χ3v) is 4.29. The molecule has 1 aromatic heterocycles. The van der Waals surface area contributed by atoms with Gasteiger partial charge >= 0.3 is 0 Å². The predicted molar refractivity (Wildman–Crippen MR) is 88.1 cm³/mol. The summed E-state index contributed by atoms with van der Waals surface area (Å²) in [6, 6.07) is 7.65. The number of hydrogen-bond acceptors (Lipinski definition) is 4. The number of nitrogens with one attached hydrogen (secondary N) is 1. The molecule has 110 valence electrons. The molecule has 6 heteroatoms. The molecule has 0 saturated heterocycles. The van der Waals surface area contributed by atoms with E-state index in [1.54, 1.807) is 6.20 Å². The van der Waals surface area contributed by atoms with Crippen molar-refractivity contribution in [3.8, 4) is 0 Å². The van der Waals surface area contributed by atoms with Crippen molar-refractivity contribution in [2.24, 2.45) is 5.73 Å². The van der Waals surface area contributed by atoms with Gasteiger partial charge in [-0.25, -0.2) is 4.98 Å². The highest BCUT2D eigenvalue weighted by Gasteiger charge is 2.20. The molecule has 0 amide bonds. The fourth-order valence-corrected chi connectivity index (χ4v) is 2.97. The van der Waals surface area contributed by atoms with Crippen LogP contribution in [0.5, 0.6) is 0 Å². The lowest BCUT2D eigenvalue weighted by molar-refractivity contribution is 0.778. The van der Waals surface area contributed by atoms with Gasteiger partial charge in [0.25, 0.3) is 0 Å². The average Bonchev–Trinajstić information content (AvgIpc) is 2.50. The number of rotatable bonds is 3. The maximum absolute atomic E-state index is 6.27. The lowest BCUT2D eigenvalue weighted by Crippen LogP contribution is -2.34. The molecule has 0 spiro atoms. The van der Waals surface area contributed by atoms with E-state index >= 15 is 0 Å². The first-order valence-corrected chi connectivity index (χ1v) is 7.55. The molecule has 0 saturated carbocycles. The van der Waals surface area contributed by atoms with Crippen molar-refractivity contribution in [1.82, 2.24) is 4.98 Å². The van der Waals surface area contributed by atoms with Gasteiger partial charge in [-0.3, -0.25) is 0 Å². The Hall–Kier alpha value is -1.49. The minimum Gasteiger partial charge on any atom is -0.367 e. The molecule has 0 fully saturated rings. The van der Waals surface area contributed by atoms with Crippen molar-refractivity contribution in [2.75, 3.05) is 23.3 Å². The molecule has 1 aliphatic heterocycles. The van der Waals surface area contributed by atoms with Crippen LogP contribution in [0.1, 0.15) is 11.1 Å². The van der Waals surface area contributed by atoms with Gasteiger partial charge in [0, 0.05) is 48.0 Å². The Morgan fingerprint density at radius 3 is 2.76 bits per heavy atom. The first-order valence-electron chi connectivity index (χ1n) is 6.79. The average molecular weight is 323 g/mol. The SMILES string of the molecule is NCc1cnc2c(c1)N(Cc1c(Cl)cccc1Cl)CCN2. The Labute approximate surface area is 133 Å². The van der Waals surface area contributed by atoms with Crippen LogP contribution >= 0.6 is 23.2 Å². The number of benzene rings is 1. The topological polar surface area (TPSA) is 54.2 Å². The standard InChI is InChI=1S/C15H16Cl2N4/c16-12-2-1-3-13(17)11(12)9-21-5-4-19-15-14(21)6-10(7-18)8-20-15/h1-3,6,8H,4-5,7,9,18H2,(H,19,20). The molecule has 3 N–H and O–H groups in total. The molecular weight excluding hydrogens is 307 g/mol. The largest absolute Gasteiger partial charge is 0.367 e. The van der Waals surface area contributed by atoms with Gasteiger partial charge in [0.15, 0.2) is 0 Å². The van der Waals surface area contributed by atoms with Crippen LogP contribution in [0, 0.1) is 0 Å². The van der Waals surface area contributed by atoms with E-state index in [0.29, 0.717) is 23.1 Å². The van der Waals surface area contributed by atoms with Gasteiger partial charge in [0.05, 0.1) is 5.69 Å². The Kier molecular flexibility index (Phi) is 4.19. The van der Waals surface area contributed by atoms with Crippen LogP contribution in [0.2, 0.25) is 10.0 Å². The maximum atomic E-state index is 6.27. The number of pyridine rings is 1. The van der Waals surface area contributed by atoms with Crippen LogP contribution < -0.4 is 16.0 Å². The van der Waals surface area contributed by atoms with Crippen LogP contribution in [-0.4, -0.2) is 18.1 Å². The molecule has 2 aromatic rings. The molecular formula is C15H16Cl2N4. The minimum absolute atomic E-state index is 0.473. The first-order chi connectivity index (χ1) is 10.2. The van der Waals surface area contributed by atoms with Crippen molar-refractivity contribution in [2.45, 2.75) is 13.1 Å². The molecule has 1 aliphatic rings.